The average Bonchev–Trinajstić information content (AvgIpc) is 3.00. The number of carbonyl (C=O) groups excluding carboxylic acids is 2. The first-order valence-electron chi connectivity index (χ1n) is 6.68. The van der Waals surface area contributed by atoms with Gasteiger partial charge in [-0.15, -0.1) is 0 Å². The Balaban J connectivity index is 1.79. The molecular formula is C16H13ClN2O3. The first kappa shape index (κ1) is 14.4. The van der Waals surface area contributed by atoms with Gasteiger partial charge in [0.2, 0.25) is 0 Å². The fourth-order valence-corrected chi connectivity index (χ4v) is 2.29. The highest BCUT2D eigenvalue weighted by atomic mass is 35.5. The van der Waals surface area contributed by atoms with Gasteiger partial charge in [-0.1, -0.05) is 23.7 Å². The summed E-state index contributed by atoms with van der Waals surface area (Å²) in [7, 11) is 0. The molecule has 0 radical (unpaired) electrons. The predicted octanol–water partition coefficient (Wildman–Crippen LogP) is 3.33. The molecule has 0 atom stereocenters. The van der Waals surface area contributed by atoms with Crippen LogP contribution in [-0.4, -0.2) is 16.8 Å². The minimum atomic E-state index is -0.450. The summed E-state index contributed by atoms with van der Waals surface area (Å²) in [5, 5.41) is 3.16. The number of urea groups is 1. The summed E-state index contributed by atoms with van der Waals surface area (Å²) >= 11 is 5.82. The predicted molar refractivity (Wildman–Crippen MR) is 82.0 cm³/mol. The van der Waals surface area contributed by atoms with Gasteiger partial charge in [0.1, 0.15) is 17.2 Å². The molecule has 1 N–H and O–H groups in total. The molecule has 3 rings (SSSR count). The third-order valence-electron chi connectivity index (χ3n) is 3.26. The quantitative estimate of drug-likeness (QED) is 0.698. The van der Waals surface area contributed by atoms with Crippen LogP contribution < -0.4 is 5.32 Å². The molecule has 1 saturated heterocycles. The topological polar surface area (TPSA) is 62.6 Å². The van der Waals surface area contributed by atoms with Crippen molar-refractivity contribution >= 4 is 29.6 Å². The number of carbonyl (C=O) groups is 2. The smallest absolute Gasteiger partial charge is 0.329 e. The molecule has 0 spiro atoms. The zero-order valence-electron chi connectivity index (χ0n) is 11.8. The Hall–Kier alpha value is -2.53. The van der Waals surface area contributed by atoms with E-state index in [0.29, 0.717) is 10.8 Å². The third-order valence-corrected chi connectivity index (χ3v) is 3.52. The summed E-state index contributed by atoms with van der Waals surface area (Å²) < 4.78 is 5.38. The Morgan fingerprint density at radius 1 is 1.18 bits per heavy atom. The number of halogens is 1. The van der Waals surface area contributed by atoms with Crippen LogP contribution in [0.15, 0.2) is 46.5 Å². The molecule has 1 aliphatic heterocycles. The fourth-order valence-electron chi connectivity index (χ4n) is 2.16. The van der Waals surface area contributed by atoms with E-state index >= 15 is 0 Å². The number of nitrogens with one attached hydrogen (secondary N) is 1. The van der Waals surface area contributed by atoms with Crippen LogP contribution in [0, 0.1) is 6.92 Å². The number of hydrogen-bond donors (Lipinski definition) is 1. The van der Waals surface area contributed by atoms with Crippen molar-refractivity contribution in [2.75, 3.05) is 0 Å². The van der Waals surface area contributed by atoms with Crippen LogP contribution in [0.25, 0.3) is 6.08 Å². The van der Waals surface area contributed by atoms with E-state index in [-0.39, 0.29) is 18.1 Å². The second kappa shape index (κ2) is 5.69. The Morgan fingerprint density at radius 3 is 2.55 bits per heavy atom. The van der Waals surface area contributed by atoms with Crippen molar-refractivity contribution < 1.29 is 14.0 Å². The summed E-state index contributed by atoms with van der Waals surface area (Å²) in [5.74, 6) is 0.880. The monoisotopic (exact) mass is 316 g/mol. The maximum atomic E-state index is 12.3. The van der Waals surface area contributed by atoms with Crippen molar-refractivity contribution in [3.63, 3.8) is 0 Å². The minimum Gasteiger partial charge on any atom is -0.462 e. The van der Waals surface area contributed by atoms with E-state index in [1.807, 2.05) is 6.92 Å². The van der Waals surface area contributed by atoms with Crippen molar-refractivity contribution in [2.24, 2.45) is 0 Å². The number of furan rings is 1. The lowest BCUT2D eigenvalue weighted by Crippen LogP contribution is -2.30. The van der Waals surface area contributed by atoms with Crippen LogP contribution in [0.1, 0.15) is 17.1 Å². The van der Waals surface area contributed by atoms with Crippen molar-refractivity contribution in [2.45, 2.75) is 13.5 Å². The molecular weight excluding hydrogens is 304 g/mol. The highest BCUT2D eigenvalue weighted by Gasteiger charge is 2.33. The first-order chi connectivity index (χ1) is 10.5. The van der Waals surface area contributed by atoms with Gasteiger partial charge in [-0.2, -0.15) is 0 Å². The maximum absolute atomic E-state index is 12.3. The van der Waals surface area contributed by atoms with E-state index in [9.17, 15) is 9.59 Å². The fraction of sp³-hybridized carbons (Fsp3) is 0.125. The molecule has 3 amide bonds. The molecule has 2 aromatic rings. The van der Waals surface area contributed by atoms with Crippen LogP contribution >= 0.6 is 11.6 Å². The zero-order valence-corrected chi connectivity index (χ0v) is 12.6. The lowest BCUT2D eigenvalue weighted by atomic mass is 10.2. The average molecular weight is 317 g/mol. The largest absolute Gasteiger partial charge is 0.462 e. The lowest BCUT2D eigenvalue weighted by molar-refractivity contribution is -0.123. The van der Waals surface area contributed by atoms with Crippen LogP contribution in [0.2, 0.25) is 5.02 Å². The molecule has 1 aromatic carbocycles. The molecule has 112 valence electrons. The van der Waals surface area contributed by atoms with Gasteiger partial charge in [0.15, 0.2) is 0 Å². The molecule has 0 unspecified atom stereocenters. The molecule has 5 nitrogen and oxygen atoms in total. The van der Waals surface area contributed by atoms with Gasteiger partial charge in [-0.05, 0) is 36.8 Å². The van der Waals surface area contributed by atoms with E-state index in [1.165, 1.54) is 6.08 Å². The highest BCUT2D eigenvalue weighted by Crippen LogP contribution is 2.19. The number of amides is 3. The van der Waals surface area contributed by atoms with Crippen molar-refractivity contribution in [3.05, 3.63) is 64.2 Å². The Morgan fingerprint density at radius 2 is 1.91 bits per heavy atom. The molecule has 0 aliphatic carbocycles. The highest BCUT2D eigenvalue weighted by molar-refractivity contribution is 6.30. The number of benzene rings is 1. The molecule has 1 aliphatic rings. The maximum Gasteiger partial charge on any atom is 0.329 e. The summed E-state index contributed by atoms with van der Waals surface area (Å²) in [6, 6.07) is 10.1. The van der Waals surface area contributed by atoms with E-state index in [0.717, 1.165) is 16.2 Å². The second-order valence-electron chi connectivity index (χ2n) is 4.95. The van der Waals surface area contributed by atoms with Crippen molar-refractivity contribution in [1.82, 2.24) is 10.2 Å². The Kier molecular flexibility index (Phi) is 3.73. The number of imide groups is 1. The molecule has 1 fully saturated rings. The number of aryl methyl sites for hydroxylation is 1. The number of rotatable bonds is 3. The molecule has 2 heterocycles. The van der Waals surface area contributed by atoms with Gasteiger partial charge in [-0.3, -0.25) is 9.69 Å². The van der Waals surface area contributed by atoms with Crippen LogP contribution in [0.5, 0.6) is 0 Å². The van der Waals surface area contributed by atoms with Gasteiger partial charge in [0.25, 0.3) is 5.91 Å². The zero-order chi connectivity index (χ0) is 15.7. The number of nitrogens with zero attached hydrogens (tertiary/aromatic N) is 1. The molecule has 1 aromatic heterocycles. The molecule has 22 heavy (non-hydrogen) atoms. The summed E-state index contributed by atoms with van der Waals surface area (Å²) in [6.07, 6.45) is 1.52. The van der Waals surface area contributed by atoms with Gasteiger partial charge < -0.3 is 9.73 Å². The SMILES string of the molecule is Cc1ccc(/C=C2\NC(=O)N(Cc3ccc(Cl)cc3)C2=O)o1. The van der Waals surface area contributed by atoms with Crippen molar-refractivity contribution in [3.8, 4) is 0 Å². The van der Waals surface area contributed by atoms with E-state index in [1.54, 1.807) is 36.4 Å². The third kappa shape index (κ3) is 2.89. The Labute approximate surface area is 132 Å². The van der Waals surface area contributed by atoms with Gasteiger partial charge in [0, 0.05) is 11.1 Å². The van der Waals surface area contributed by atoms with E-state index in [2.05, 4.69) is 5.32 Å². The summed E-state index contributed by atoms with van der Waals surface area (Å²) in [4.78, 5) is 25.4. The lowest BCUT2D eigenvalue weighted by Gasteiger charge is -2.11. The molecule has 6 heteroatoms. The standard InChI is InChI=1S/C16H13ClN2O3/c1-10-2-7-13(22-10)8-14-15(20)19(16(21)18-14)9-11-3-5-12(17)6-4-11/h2-8H,9H2,1H3,(H,18,21)/b14-8-. The van der Waals surface area contributed by atoms with Gasteiger partial charge >= 0.3 is 6.03 Å². The minimum absolute atomic E-state index is 0.191. The first-order valence-corrected chi connectivity index (χ1v) is 7.06. The number of hydrogen-bond acceptors (Lipinski definition) is 3. The summed E-state index contributed by atoms with van der Waals surface area (Å²) in [5.41, 5.74) is 1.02. The normalized spacial score (nSPS) is 16.5. The van der Waals surface area contributed by atoms with Crippen molar-refractivity contribution in [1.29, 1.82) is 0 Å². The summed E-state index contributed by atoms with van der Waals surface area (Å²) in [6.45, 7) is 2.00. The molecule has 0 saturated carbocycles. The van der Waals surface area contributed by atoms with E-state index in [4.69, 9.17) is 16.0 Å². The van der Waals surface area contributed by atoms with Crippen LogP contribution in [-0.2, 0) is 11.3 Å². The van der Waals surface area contributed by atoms with Crippen LogP contribution in [0.3, 0.4) is 0 Å². The van der Waals surface area contributed by atoms with Crippen LogP contribution in [0.4, 0.5) is 4.79 Å². The van der Waals surface area contributed by atoms with Gasteiger partial charge in [-0.25, -0.2) is 4.79 Å². The van der Waals surface area contributed by atoms with E-state index < -0.39 is 6.03 Å². The molecule has 0 bridgehead atoms. The Bertz CT molecular complexity index is 762. The van der Waals surface area contributed by atoms with Gasteiger partial charge in [0.05, 0.1) is 6.54 Å². The second-order valence-corrected chi connectivity index (χ2v) is 5.39.